The normalized spacial score (nSPS) is 10.3. The number of pyridine rings is 1. The Hall–Kier alpha value is -2.11. The van der Waals surface area contributed by atoms with E-state index in [0.717, 1.165) is 11.4 Å². The van der Waals surface area contributed by atoms with Gasteiger partial charge in [0.1, 0.15) is 5.82 Å². The Balaban J connectivity index is 1.90. The van der Waals surface area contributed by atoms with Crippen LogP contribution >= 0.6 is 0 Å². The van der Waals surface area contributed by atoms with E-state index in [9.17, 15) is 0 Å². The highest BCUT2D eigenvalue weighted by Gasteiger charge is 2.02. The van der Waals surface area contributed by atoms with Crippen molar-refractivity contribution in [3.8, 4) is 0 Å². The Bertz CT molecular complexity index is 454. The van der Waals surface area contributed by atoms with Crippen LogP contribution in [0.5, 0.6) is 0 Å². The monoisotopic (exact) mass is 219 g/mol. The third-order valence-electron chi connectivity index (χ3n) is 2.14. The third-order valence-corrected chi connectivity index (χ3v) is 2.14. The molecule has 6 nitrogen and oxygen atoms in total. The third kappa shape index (κ3) is 2.47. The molecule has 0 aromatic carbocycles. The molecule has 2 heterocycles. The minimum atomic E-state index is 0.612. The number of nitrogens with two attached hydrogens (primary N) is 1. The van der Waals surface area contributed by atoms with E-state index < -0.39 is 0 Å². The van der Waals surface area contributed by atoms with Crippen molar-refractivity contribution in [1.82, 2.24) is 15.1 Å². The Morgan fingerprint density at radius 2 is 2.31 bits per heavy atom. The summed E-state index contributed by atoms with van der Waals surface area (Å²) in [5.74, 6) is 1.44. The van der Waals surface area contributed by atoms with E-state index >= 15 is 0 Å². The summed E-state index contributed by atoms with van der Waals surface area (Å²) in [5.41, 5.74) is 7.30. The van der Waals surface area contributed by atoms with E-state index in [0.29, 0.717) is 24.5 Å². The molecule has 0 spiro atoms. The standard InChI is InChI=1S/C10H13N5O/c1-7-4-8(11)5-13-10(7)12-3-2-9-14-6-15-16-9/h4-6H,2-3,11H2,1H3,(H,12,13). The molecule has 2 aromatic rings. The first kappa shape index (κ1) is 10.4. The highest BCUT2D eigenvalue weighted by atomic mass is 16.5. The Kier molecular flexibility index (Phi) is 3.00. The number of anilines is 2. The summed E-state index contributed by atoms with van der Waals surface area (Å²) in [5, 5.41) is 6.71. The molecule has 0 saturated heterocycles. The predicted molar refractivity (Wildman–Crippen MR) is 59.9 cm³/mol. The molecule has 0 fully saturated rings. The molecule has 0 atom stereocenters. The van der Waals surface area contributed by atoms with Gasteiger partial charge in [0, 0.05) is 13.0 Å². The molecule has 0 saturated carbocycles. The molecule has 0 radical (unpaired) electrons. The SMILES string of the molecule is Cc1cc(N)cnc1NCCc1ncno1. The second-order valence-corrected chi connectivity index (χ2v) is 3.45. The Labute approximate surface area is 92.9 Å². The van der Waals surface area contributed by atoms with E-state index in [1.54, 1.807) is 6.20 Å². The molecule has 16 heavy (non-hydrogen) atoms. The molecule has 84 valence electrons. The van der Waals surface area contributed by atoms with E-state index in [1.165, 1.54) is 6.33 Å². The molecule has 0 bridgehead atoms. The number of aromatic nitrogens is 3. The Morgan fingerprint density at radius 3 is 3.00 bits per heavy atom. The zero-order chi connectivity index (χ0) is 11.4. The first-order chi connectivity index (χ1) is 7.75. The lowest BCUT2D eigenvalue weighted by atomic mass is 10.2. The number of rotatable bonds is 4. The van der Waals surface area contributed by atoms with Gasteiger partial charge >= 0.3 is 0 Å². The van der Waals surface area contributed by atoms with Gasteiger partial charge in [-0.25, -0.2) is 4.98 Å². The van der Waals surface area contributed by atoms with Crippen LogP contribution in [0, 0.1) is 6.92 Å². The van der Waals surface area contributed by atoms with Crippen molar-refractivity contribution < 1.29 is 4.52 Å². The van der Waals surface area contributed by atoms with Gasteiger partial charge in [-0.05, 0) is 18.6 Å². The van der Waals surface area contributed by atoms with Gasteiger partial charge in [0.25, 0.3) is 0 Å². The first-order valence-corrected chi connectivity index (χ1v) is 4.97. The van der Waals surface area contributed by atoms with Crippen molar-refractivity contribution >= 4 is 11.5 Å². The number of nitrogens with one attached hydrogen (secondary N) is 1. The molecule has 0 aliphatic heterocycles. The average Bonchev–Trinajstić information content (AvgIpc) is 2.74. The van der Waals surface area contributed by atoms with Crippen molar-refractivity contribution in [3.05, 3.63) is 30.0 Å². The predicted octanol–water partition coefficient (Wildman–Crippen LogP) is 1.01. The number of hydrogen-bond acceptors (Lipinski definition) is 6. The van der Waals surface area contributed by atoms with Crippen LogP contribution in [0.4, 0.5) is 11.5 Å². The molecule has 0 amide bonds. The summed E-state index contributed by atoms with van der Waals surface area (Å²) in [7, 11) is 0. The van der Waals surface area contributed by atoms with Crippen molar-refractivity contribution in [2.24, 2.45) is 0 Å². The second kappa shape index (κ2) is 4.61. The zero-order valence-electron chi connectivity index (χ0n) is 8.97. The first-order valence-electron chi connectivity index (χ1n) is 4.97. The van der Waals surface area contributed by atoms with Crippen LogP contribution in [0.2, 0.25) is 0 Å². The molecule has 2 aromatic heterocycles. The number of nitrogen functional groups attached to an aromatic ring is 1. The zero-order valence-corrected chi connectivity index (χ0v) is 8.97. The van der Waals surface area contributed by atoms with Gasteiger partial charge in [0.15, 0.2) is 6.33 Å². The van der Waals surface area contributed by atoms with Crippen molar-refractivity contribution in [3.63, 3.8) is 0 Å². The average molecular weight is 219 g/mol. The molecule has 0 aliphatic carbocycles. The van der Waals surface area contributed by atoms with Crippen LogP contribution in [-0.2, 0) is 6.42 Å². The molecule has 0 aliphatic rings. The maximum Gasteiger partial charge on any atom is 0.228 e. The van der Waals surface area contributed by atoms with Crippen molar-refractivity contribution in [2.45, 2.75) is 13.3 Å². The highest BCUT2D eigenvalue weighted by Crippen LogP contribution is 2.13. The lowest BCUT2D eigenvalue weighted by Crippen LogP contribution is -2.08. The molecule has 0 unspecified atom stereocenters. The van der Waals surface area contributed by atoms with Gasteiger partial charge in [-0.15, -0.1) is 0 Å². The summed E-state index contributed by atoms with van der Waals surface area (Å²) < 4.78 is 4.88. The van der Waals surface area contributed by atoms with Gasteiger partial charge < -0.3 is 15.6 Å². The van der Waals surface area contributed by atoms with E-state index in [1.807, 2.05) is 13.0 Å². The summed E-state index contributed by atoms with van der Waals surface area (Å²) in [6.45, 7) is 2.65. The van der Waals surface area contributed by atoms with Crippen molar-refractivity contribution in [1.29, 1.82) is 0 Å². The molecule has 6 heteroatoms. The lowest BCUT2D eigenvalue weighted by molar-refractivity contribution is 0.379. The minimum absolute atomic E-state index is 0.612. The number of aryl methyl sites for hydroxylation is 1. The van der Waals surface area contributed by atoms with Crippen LogP contribution in [0.1, 0.15) is 11.5 Å². The smallest absolute Gasteiger partial charge is 0.228 e. The van der Waals surface area contributed by atoms with Crippen LogP contribution in [0.25, 0.3) is 0 Å². The number of nitrogens with zero attached hydrogens (tertiary/aromatic N) is 3. The molecule has 2 rings (SSSR count). The van der Waals surface area contributed by atoms with E-state index in [4.69, 9.17) is 10.3 Å². The lowest BCUT2D eigenvalue weighted by Gasteiger charge is -2.07. The highest BCUT2D eigenvalue weighted by molar-refractivity contribution is 5.50. The summed E-state index contributed by atoms with van der Waals surface area (Å²) in [4.78, 5) is 8.12. The molecule has 3 N–H and O–H groups in total. The summed E-state index contributed by atoms with van der Waals surface area (Å²) in [6.07, 6.45) is 3.69. The van der Waals surface area contributed by atoms with Gasteiger partial charge in [-0.3, -0.25) is 0 Å². The fourth-order valence-corrected chi connectivity index (χ4v) is 1.38. The van der Waals surface area contributed by atoms with Gasteiger partial charge in [0.05, 0.1) is 11.9 Å². The van der Waals surface area contributed by atoms with E-state index in [2.05, 4.69) is 20.4 Å². The van der Waals surface area contributed by atoms with Gasteiger partial charge in [-0.1, -0.05) is 5.16 Å². The maximum absolute atomic E-state index is 5.61. The van der Waals surface area contributed by atoms with Crippen molar-refractivity contribution in [2.75, 3.05) is 17.6 Å². The molecular weight excluding hydrogens is 206 g/mol. The van der Waals surface area contributed by atoms with Crippen LogP contribution in [0.3, 0.4) is 0 Å². The topological polar surface area (TPSA) is 89.9 Å². The summed E-state index contributed by atoms with van der Waals surface area (Å²) >= 11 is 0. The fraction of sp³-hybridized carbons (Fsp3) is 0.300. The quantitative estimate of drug-likeness (QED) is 0.797. The number of hydrogen-bond donors (Lipinski definition) is 2. The molecular formula is C10H13N5O. The fourth-order valence-electron chi connectivity index (χ4n) is 1.38. The van der Waals surface area contributed by atoms with Crippen LogP contribution < -0.4 is 11.1 Å². The van der Waals surface area contributed by atoms with Gasteiger partial charge in [-0.2, -0.15) is 4.98 Å². The summed E-state index contributed by atoms with van der Waals surface area (Å²) in [6, 6.07) is 1.88. The van der Waals surface area contributed by atoms with Gasteiger partial charge in [0.2, 0.25) is 5.89 Å². The largest absolute Gasteiger partial charge is 0.397 e. The van der Waals surface area contributed by atoms with Crippen LogP contribution in [0.15, 0.2) is 23.1 Å². The van der Waals surface area contributed by atoms with Crippen LogP contribution in [-0.4, -0.2) is 21.7 Å². The minimum Gasteiger partial charge on any atom is -0.397 e. The second-order valence-electron chi connectivity index (χ2n) is 3.45. The Morgan fingerprint density at radius 1 is 1.44 bits per heavy atom. The van der Waals surface area contributed by atoms with E-state index in [-0.39, 0.29) is 0 Å². The maximum atomic E-state index is 5.61.